The van der Waals surface area contributed by atoms with Gasteiger partial charge in [-0.3, -0.25) is 4.79 Å². The lowest BCUT2D eigenvalue weighted by atomic mass is 10.2. The highest BCUT2D eigenvalue weighted by molar-refractivity contribution is 7.18. The first-order valence-corrected chi connectivity index (χ1v) is 5.65. The minimum absolute atomic E-state index is 0.172. The third kappa shape index (κ3) is 2.44. The first-order chi connectivity index (χ1) is 7.47. The van der Waals surface area contributed by atoms with Gasteiger partial charge in [-0.25, -0.2) is 0 Å². The Hall–Kier alpha value is -1.74. The maximum Gasteiger partial charge on any atom is 0.261 e. The largest absolute Gasteiger partial charge is 0.396 e. The van der Waals surface area contributed by atoms with E-state index in [0.29, 0.717) is 23.0 Å². The van der Waals surface area contributed by atoms with E-state index in [1.165, 1.54) is 0 Å². The molecule has 5 nitrogen and oxygen atoms in total. The van der Waals surface area contributed by atoms with Gasteiger partial charge in [-0.2, -0.15) is 5.26 Å². The lowest BCUT2D eigenvalue weighted by molar-refractivity contribution is 0.100. The number of thiophene rings is 1. The van der Waals surface area contributed by atoms with Crippen molar-refractivity contribution in [2.75, 3.05) is 17.6 Å². The van der Waals surface area contributed by atoms with E-state index in [2.05, 4.69) is 5.32 Å². The van der Waals surface area contributed by atoms with Crippen molar-refractivity contribution in [1.82, 2.24) is 0 Å². The van der Waals surface area contributed by atoms with Gasteiger partial charge in [0.2, 0.25) is 0 Å². The van der Waals surface area contributed by atoms with Crippen LogP contribution in [-0.2, 0) is 0 Å². The van der Waals surface area contributed by atoms with Crippen LogP contribution in [-0.4, -0.2) is 12.5 Å². The van der Waals surface area contributed by atoms with Gasteiger partial charge in [-0.15, -0.1) is 11.3 Å². The summed E-state index contributed by atoms with van der Waals surface area (Å²) in [5.41, 5.74) is 11.3. The van der Waals surface area contributed by atoms with E-state index >= 15 is 0 Å². The van der Waals surface area contributed by atoms with Crippen molar-refractivity contribution in [2.24, 2.45) is 11.7 Å². The van der Waals surface area contributed by atoms with Gasteiger partial charge < -0.3 is 16.8 Å². The molecule has 0 aliphatic rings. The van der Waals surface area contributed by atoms with Gasteiger partial charge >= 0.3 is 0 Å². The van der Waals surface area contributed by atoms with Gasteiger partial charge in [-0.05, 0) is 5.92 Å². The summed E-state index contributed by atoms with van der Waals surface area (Å²) in [6.45, 7) is 4.81. The second kappa shape index (κ2) is 4.86. The molecule has 0 unspecified atom stereocenters. The molecule has 1 aromatic rings. The molecule has 1 aromatic heterocycles. The molecule has 0 aliphatic heterocycles. The molecule has 0 aromatic carbocycles. The van der Waals surface area contributed by atoms with Crippen LogP contribution in [0.15, 0.2) is 0 Å². The quantitative estimate of drug-likeness (QED) is 0.736. The van der Waals surface area contributed by atoms with Gasteiger partial charge in [0.25, 0.3) is 5.91 Å². The average Bonchev–Trinajstić information content (AvgIpc) is 2.51. The van der Waals surface area contributed by atoms with E-state index in [-0.39, 0.29) is 10.6 Å². The number of primary amides is 1. The fourth-order valence-electron chi connectivity index (χ4n) is 1.16. The van der Waals surface area contributed by atoms with E-state index < -0.39 is 5.91 Å². The van der Waals surface area contributed by atoms with Gasteiger partial charge in [0.15, 0.2) is 0 Å². The number of nitriles is 1. The Morgan fingerprint density at radius 3 is 2.69 bits per heavy atom. The number of nitrogens with two attached hydrogens (primary N) is 2. The van der Waals surface area contributed by atoms with Gasteiger partial charge in [-0.1, -0.05) is 13.8 Å². The van der Waals surface area contributed by atoms with Gasteiger partial charge in [0.05, 0.1) is 5.69 Å². The monoisotopic (exact) mass is 238 g/mol. The zero-order valence-electron chi connectivity index (χ0n) is 9.20. The van der Waals surface area contributed by atoms with Crippen LogP contribution in [0.5, 0.6) is 0 Å². The van der Waals surface area contributed by atoms with Crippen molar-refractivity contribution >= 4 is 27.9 Å². The van der Waals surface area contributed by atoms with E-state index in [1.807, 2.05) is 19.9 Å². The summed E-state index contributed by atoms with van der Waals surface area (Å²) in [4.78, 5) is 11.3. The zero-order chi connectivity index (χ0) is 12.3. The van der Waals surface area contributed by atoms with E-state index in [0.717, 1.165) is 11.3 Å². The number of nitrogens with zero attached hydrogens (tertiary/aromatic N) is 1. The lowest BCUT2D eigenvalue weighted by Crippen LogP contribution is -2.10. The van der Waals surface area contributed by atoms with E-state index in [1.54, 1.807) is 0 Å². The molecule has 0 aliphatic carbocycles. The zero-order valence-corrected chi connectivity index (χ0v) is 10.0. The first kappa shape index (κ1) is 12.3. The van der Waals surface area contributed by atoms with Crippen LogP contribution in [0.3, 0.4) is 0 Å². The number of nitrogen functional groups attached to an aromatic ring is 1. The SMILES string of the molecule is CC(C)CNc1sc(C(N)=O)c(N)c1C#N. The number of nitrogens with one attached hydrogen (secondary N) is 1. The highest BCUT2D eigenvalue weighted by Crippen LogP contribution is 2.34. The van der Waals surface area contributed by atoms with Crippen LogP contribution in [0, 0.1) is 17.2 Å². The summed E-state index contributed by atoms with van der Waals surface area (Å²) in [6.07, 6.45) is 0. The molecule has 1 heterocycles. The molecule has 0 saturated heterocycles. The van der Waals surface area contributed by atoms with Crippen molar-refractivity contribution in [2.45, 2.75) is 13.8 Å². The molecule has 5 N–H and O–H groups in total. The maximum atomic E-state index is 11.1. The molecule has 0 atom stereocenters. The topological polar surface area (TPSA) is 105 Å². The molecule has 86 valence electrons. The molecular formula is C10H14N4OS. The Bertz CT molecular complexity index is 444. The molecular weight excluding hydrogens is 224 g/mol. The second-order valence-corrected chi connectivity index (χ2v) is 4.82. The Morgan fingerprint density at radius 2 is 2.25 bits per heavy atom. The molecule has 1 amide bonds. The van der Waals surface area contributed by atoms with Crippen LogP contribution < -0.4 is 16.8 Å². The Labute approximate surface area is 98.0 Å². The van der Waals surface area contributed by atoms with Crippen LogP contribution >= 0.6 is 11.3 Å². The summed E-state index contributed by atoms with van der Waals surface area (Å²) < 4.78 is 0. The predicted molar refractivity (Wildman–Crippen MR) is 65.3 cm³/mol. The molecule has 0 spiro atoms. The predicted octanol–water partition coefficient (Wildman–Crippen LogP) is 1.37. The van der Waals surface area contributed by atoms with Crippen LogP contribution in [0.2, 0.25) is 0 Å². The standard InChI is InChI=1S/C10H14N4OS/c1-5(2)4-14-10-6(3-11)7(12)8(16-10)9(13)15/h5,14H,4,12H2,1-2H3,(H2,13,15). The number of carbonyl (C=O) groups is 1. The van der Waals surface area contributed by atoms with E-state index in [9.17, 15) is 4.79 Å². The average molecular weight is 238 g/mol. The maximum absolute atomic E-state index is 11.1. The normalized spacial score (nSPS) is 10.1. The minimum atomic E-state index is -0.600. The van der Waals surface area contributed by atoms with Crippen molar-refractivity contribution in [3.8, 4) is 6.07 Å². The van der Waals surface area contributed by atoms with Crippen LogP contribution in [0.4, 0.5) is 10.7 Å². The third-order valence-electron chi connectivity index (χ3n) is 1.95. The van der Waals surface area contributed by atoms with Gasteiger partial charge in [0, 0.05) is 6.54 Å². The summed E-state index contributed by atoms with van der Waals surface area (Å²) >= 11 is 1.13. The number of hydrogen-bond acceptors (Lipinski definition) is 5. The van der Waals surface area contributed by atoms with Crippen LogP contribution in [0.25, 0.3) is 0 Å². The second-order valence-electron chi connectivity index (χ2n) is 3.80. The summed E-state index contributed by atoms with van der Waals surface area (Å²) in [5.74, 6) is -0.163. The number of carbonyl (C=O) groups excluding carboxylic acids is 1. The van der Waals surface area contributed by atoms with Crippen LogP contribution in [0.1, 0.15) is 29.1 Å². The number of anilines is 2. The molecule has 0 bridgehead atoms. The first-order valence-electron chi connectivity index (χ1n) is 4.83. The Morgan fingerprint density at radius 1 is 1.62 bits per heavy atom. The van der Waals surface area contributed by atoms with E-state index in [4.69, 9.17) is 16.7 Å². The summed E-state index contributed by atoms with van der Waals surface area (Å²) in [7, 11) is 0. The Balaban J connectivity index is 3.05. The minimum Gasteiger partial charge on any atom is -0.396 e. The molecule has 16 heavy (non-hydrogen) atoms. The Kier molecular flexibility index (Phi) is 3.74. The van der Waals surface area contributed by atoms with Crippen molar-refractivity contribution in [3.63, 3.8) is 0 Å². The van der Waals surface area contributed by atoms with Crippen molar-refractivity contribution in [3.05, 3.63) is 10.4 Å². The summed E-state index contributed by atoms with van der Waals surface area (Å²) in [5, 5.41) is 12.6. The van der Waals surface area contributed by atoms with Gasteiger partial charge in [0.1, 0.15) is 21.5 Å². The third-order valence-corrected chi connectivity index (χ3v) is 3.13. The summed E-state index contributed by atoms with van der Waals surface area (Å²) in [6, 6.07) is 1.98. The number of hydrogen-bond donors (Lipinski definition) is 3. The smallest absolute Gasteiger partial charge is 0.261 e. The molecule has 0 saturated carbocycles. The molecule has 1 rings (SSSR count). The lowest BCUT2D eigenvalue weighted by Gasteiger charge is -2.06. The fourth-order valence-corrected chi connectivity index (χ4v) is 2.09. The molecule has 6 heteroatoms. The van der Waals surface area contributed by atoms with Crippen molar-refractivity contribution < 1.29 is 4.79 Å². The molecule has 0 radical (unpaired) electrons. The fraction of sp³-hybridized carbons (Fsp3) is 0.400. The highest BCUT2D eigenvalue weighted by atomic mass is 32.1. The highest BCUT2D eigenvalue weighted by Gasteiger charge is 2.18. The number of amides is 1. The molecule has 0 fully saturated rings. The number of rotatable bonds is 4. The van der Waals surface area contributed by atoms with Crippen molar-refractivity contribution in [1.29, 1.82) is 5.26 Å².